The molecule has 25 heavy (non-hydrogen) atoms. The Bertz CT molecular complexity index is 719. The largest absolute Gasteiger partial charge is 0.481 e. The van der Waals surface area contributed by atoms with Gasteiger partial charge < -0.3 is 19.7 Å². The highest BCUT2D eigenvalue weighted by atomic mass is 16.4. The van der Waals surface area contributed by atoms with E-state index in [4.69, 9.17) is 9.52 Å². The number of carbonyl (C=O) groups is 2. The molecule has 1 aliphatic rings. The molecule has 0 radical (unpaired) electrons. The number of amides is 1. The molecular formula is C19H22N2O4. The maximum Gasteiger partial charge on any atom is 0.303 e. The number of aryl methyl sites for hydroxylation is 1. The molecule has 0 atom stereocenters. The predicted molar refractivity (Wildman–Crippen MR) is 93.7 cm³/mol. The SMILES string of the molecule is O=C(O)CCc1cccc(NC2CCN(C(=O)c3ccoc3)CC2)c1. The monoisotopic (exact) mass is 342 g/mol. The number of carboxylic acids is 1. The fourth-order valence-electron chi connectivity index (χ4n) is 3.10. The van der Waals surface area contributed by atoms with Crippen LogP contribution >= 0.6 is 0 Å². The zero-order valence-electron chi connectivity index (χ0n) is 14.0. The maximum absolute atomic E-state index is 12.3. The average Bonchev–Trinajstić information content (AvgIpc) is 3.15. The van der Waals surface area contributed by atoms with Gasteiger partial charge in [0.1, 0.15) is 6.26 Å². The average molecular weight is 342 g/mol. The van der Waals surface area contributed by atoms with Crippen LogP contribution in [-0.4, -0.2) is 41.0 Å². The van der Waals surface area contributed by atoms with Gasteiger partial charge in [-0.25, -0.2) is 0 Å². The first-order chi connectivity index (χ1) is 12.1. The number of carbonyl (C=O) groups excluding carboxylic acids is 1. The summed E-state index contributed by atoms with van der Waals surface area (Å²) in [5, 5.41) is 12.3. The molecule has 0 spiro atoms. The van der Waals surface area contributed by atoms with Gasteiger partial charge in [0.15, 0.2) is 0 Å². The summed E-state index contributed by atoms with van der Waals surface area (Å²) in [6.45, 7) is 1.42. The molecule has 6 heteroatoms. The number of carboxylic acid groups (broad SMARTS) is 1. The number of furan rings is 1. The van der Waals surface area contributed by atoms with E-state index in [0.29, 0.717) is 31.1 Å². The number of benzene rings is 1. The van der Waals surface area contributed by atoms with Gasteiger partial charge in [0.2, 0.25) is 0 Å². The number of likely N-dealkylation sites (tertiary alicyclic amines) is 1. The molecule has 3 rings (SSSR count). The Morgan fingerprint density at radius 1 is 1.24 bits per heavy atom. The van der Waals surface area contributed by atoms with Crippen molar-refractivity contribution in [3.63, 3.8) is 0 Å². The molecule has 1 aromatic heterocycles. The van der Waals surface area contributed by atoms with Crippen LogP contribution in [0.15, 0.2) is 47.3 Å². The van der Waals surface area contributed by atoms with Crippen LogP contribution in [0.2, 0.25) is 0 Å². The van der Waals surface area contributed by atoms with Crippen LogP contribution in [0.1, 0.15) is 35.2 Å². The minimum atomic E-state index is -0.784. The van der Waals surface area contributed by atoms with Gasteiger partial charge in [-0.15, -0.1) is 0 Å². The van der Waals surface area contributed by atoms with Crippen molar-refractivity contribution in [1.82, 2.24) is 4.90 Å². The summed E-state index contributed by atoms with van der Waals surface area (Å²) < 4.78 is 4.98. The minimum Gasteiger partial charge on any atom is -0.481 e. The second-order valence-corrected chi connectivity index (χ2v) is 6.32. The molecule has 1 aliphatic heterocycles. The molecule has 2 aromatic rings. The molecule has 2 heterocycles. The van der Waals surface area contributed by atoms with Crippen LogP contribution in [0.25, 0.3) is 0 Å². The zero-order valence-corrected chi connectivity index (χ0v) is 14.0. The van der Waals surface area contributed by atoms with Crippen molar-refractivity contribution in [2.45, 2.75) is 31.7 Å². The van der Waals surface area contributed by atoms with Gasteiger partial charge in [0.05, 0.1) is 11.8 Å². The van der Waals surface area contributed by atoms with Crippen LogP contribution in [0.5, 0.6) is 0 Å². The Balaban J connectivity index is 1.51. The highest BCUT2D eigenvalue weighted by Gasteiger charge is 2.24. The van der Waals surface area contributed by atoms with Crippen LogP contribution in [0.4, 0.5) is 5.69 Å². The lowest BCUT2D eigenvalue weighted by atomic mass is 10.0. The summed E-state index contributed by atoms with van der Waals surface area (Å²) >= 11 is 0. The number of nitrogens with zero attached hydrogens (tertiary/aromatic N) is 1. The molecule has 1 amide bonds. The summed E-state index contributed by atoms with van der Waals surface area (Å²) in [5.41, 5.74) is 2.61. The number of nitrogens with one attached hydrogen (secondary N) is 1. The van der Waals surface area contributed by atoms with E-state index in [2.05, 4.69) is 5.32 Å². The van der Waals surface area contributed by atoms with Gasteiger partial charge >= 0.3 is 5.97 Å². The lowest BCUT2D eigenvalue weighted by Crippen LogP contribution is -2.42. The smallest absolute Gasteiger partial charge is 0.303 e. The van der Waals surface area contributed by atoms with E-state index in [1.54, 1.807) is 6.07 Å². The van der Waals surface area contributed by atoms with E-state index in [1.165, 1.54) is 12.5 Å². The van der Waals surface area contributed by atoms with Gasteiger partial charge in [-0.05, 0) is 43.0 Å². The summed E-state index contributed by atoms with van der Waals surface area (Å²) in [7, 11) is 0. The Labute approximate surface area is 146 Å². The Kier molecular flexibility index (Phi) is 5.38. The van der Waals surface area contributed by atoms with E-state index in [0.717, 1.165) is 24.1 Å². The van der Waals surface area contributed by atoms with Crippen molar-refractivity contribution in [1.29, 1.82) is 0 Å². The molecule has 0 unspecified atom stereocenters. The number of aliphatic carboxylic acids is 1. The first-order valence-electron chi connectivity index (χ1n) is 8.50. The third-order valence-corrected chi connectivity index (χ3v) is 4.48. The third-order valence-electron chi connectivity index (χ3n) is 4.48. The highest BCUT2D eigenvalue weighted by Crippen LogP contribution is 2.20. The van der Waals surface area contributed by atoms with Crippen molar-refractivity contribution in [3.8, 4) is 0 Å². The van der Waals surface area contributed by atoms with Crippen LogP contribution < -0.4 is 5.32 Å². The van der Waals surface area contributed by atoms with Crippen molar-refractivity contribution >= 4 is 17.6 Å². The summed E-state index contributed by atoms with van der Waals surface area (Å²) in [6.07, 6.45) is 5.42. The number of rotatable bonds is 6. The van der Waals surface area contributed by atoms with E-state index in [-0.39, 0.29) is 12.3 Å². The topological polar surface area (TPSA) is 82.8 Å². The van der Waals surface area contributed by atoms with Crippen LogP contribution in [-0.2, 0) is 11.2 Å². The van der Waals surface area contributed by atoms with Gasteiger partial charge in [0.25, 0.3) is 5.91 Å². The fourth-order valence-corrected chi connectivity index (χ4v) is 3.10. The quantitative estimate of drug-likeness (QED) is 0.843. The zero-order chi connectivity index (χ0) is 17.6. The maximum atomic E-state index is 12.3. The van der Waals surface area contributed by atoms with Gasteiger partial charge in [-0.1, -0.05) is 12.1 Å². The summed E-state index contributed by atoms with van der Waals surface area (Å²) in [5.74, 6) is -0.768. The number of hydrogen-bond acceptors (Lipinski definition) is 4. The summed E-state index contributed by atoms with van der Waals surface area (Å²) in [6, 6.07) is 9.88. The molecule has 132 valence electrons. The molecule has 1 aromatic carbocycles. The Morgan fingerprint density at radius 3 is 2.72 bits per heavy atom. The van der Waals surface area contributed by atoms with Crippen LogP contribution in [0.3, 0.4) is 0 Å². The lowest BCUT2D eigenvalue weighted by Gasteiger charge is -2.32. The number of anilines is 1. The summed E-state index contributed by atoms with van der Waals surface area (Å²) in [4.78, 5) is 24.8. The second kappa shape index (κ2) is 7.88. The highest BCUT2D eigenvalue weighted by molar-refractivity contribution is 5.93. The predicted octanol–water partition coefficient (Wildman–Crippen LogP) is 3.01. The van der Waals surface area contributed by atoms with E-state index in [9.17, 15) is 9.59 Å². The van der Waals surface area contributed by atoms with E-state index in [1.807, 2.05) is 29.2 Å². The third kappa shape index (κ3) is 4.62. The van der Waals surface area contributed by atoms with Gasteiger partial charge in [-0.3, -0.25) is 9.59 Å². The lowest BCUT2D eigenvalue weighted by molar-refractivity contribution is -0.136. The minimum absolute atomic E-state index is 0.0165. The molecule has 6 nitrogen and oxygen atoms in total. The van der Waals surface area contributed by atoms with Crippen molar-refractivity contribution < 1.29 is 19.1 Å². The van der Waals surface area contributed by atoms with Crippen molar-refractivity contribution in [2.75, 3.05) is 18.4 Å². The van der Waals surface area contributed by atoms with Crippen molar-refractivity contribution in [3.05, 3.63) is 54.0 Å². The molecule has 1 saturated heterocycles. The normalized spacial score (nSPS) is 15.1. The van der Waals surface area contributed by atoms with E-state index >= 15 is 0 Å². The molecule has 0 saturated carbocycles. The standard InChI is InChI=1S/C19H22N2O4/c22-18(23)5-4-14-2-1-3-17(12-14)20-16-6-9-21(10-7-16)19(24)15-8-11-25-13-15/h1-3,8,11-13,16,20H,4-7,9-10H2,(H,22,23). The fraction of sp³-hybridized carbons (Fsp3) is 0.368. The second-order valence-electron chi connectivity index (χ2n) is 6.32. The van der Waals surface area contributed by atoms with Crippen LogP contribution in [0, 0.1) is 0 Å². The first-order valence-corrected chi connectivity index (χ1v) is 8.50. The van der Waals surface area contributed by atoms with Crippen molar-refractivity contribution in [2.24, 2.45) is 0 Å². The first kappa shape index (κ1) is 17.1. The van der Waals surface area contributed by atoms with Gasteiger partial charge in [-0.2, -0.15) is 0 Å². The molecule has 0 aliphatic carbocycles. The molecular weight excluding hydrogens is 320 g/mol. The Morgan fingerprint density at radius 2 is 2.04 bits per heavy atom. The van der Waals surface area contributed by atoms with Gasteiger partial charge in [0, 0.05) is 31.2 Å². The van der Waals surface area contributed by atoms with E-state index < -0.39 is 5.97 Å². The molecule has 2 N–H and O–H groups in total. The molecule has 0 bridgehead atoms. The molecule has 1 fully saturated rings. The number of piperidine rings is 1. The number of hydrogen-bond donors (Lipinski definition) is 2. The Hall–Kier alpha value is -2.76.